The Labute approximate surface area is 235 Å². The topological polar surface area (TPSA) is 95.1 Å². The van der Waals surface area contributed by atoms with E-state index >= 15 is 0 Å². The molecular formula is C29H21Cl2N3O4S. The van der Waals surface area contributed by atoms with E-state index < -0.39 is 14.8 Å². The van der Waals surface area contributed by atoms with Gasteiger partial charge in [-0.2, -0.15) is 0 Å². The van der Waals surface area contributed by atoms with Crippen LogP contribution in [0.3, 0.4) is 0 Å². The Hall–Kier alpha value is -3.98. The summed E-state index contributed by atoms with van der Waals surface area (Å²) >= 11 is 12.5. The van der Waals surface area contributed by atoms with Crippen molar-refractivity contribution in [2.24, 2.45) is 0 Å². The summed E-state index contributed by atoms with van der Waals surface area (Å²) in [6.07, 6.45) is 3.50. The van der Waals surface area contributed by atoms with Crippen LogP contribution >= 0.6 is 23.2 Å². The molecular weight excluding hydrogens is 557 g/mol. The summed E-state index contributed by atoms with van der Waals surface area (Å²) in [4.78, 5) is 15.8. The van der Waals surface area contributed by atoms with Crippen molar-refractivity contribution in [2.75, 3.05) is 6.26 Å². The van der Waals surface area contributed by atoms with Crippen LogP contribution in [-0.4, -0.2) is 29.1 Å². The number of imidazole rings is 1. The molecule has 1 heterocycles. The van der Waals surface area contributed by atoms with E-state index in [1.807, 2.05) is 41.1 Å². The Balaban J connectivity index is 1.51. The zero-order chi connectivity index (χ0) is 27.7. The number of nitro benzene ring substituents is 1. The number of rotatable bonds is 7. The Bertz CT molecular complexity index is 1800. The van der Waals surface area contributed by atoms with Crippen LogP contribution in [-0.2, 0) is 16.3 Å². The van der Waals surface area contributed by atoms with E-state index in [1.54, 1.807) is 48.5 Å². The third-order valence-corrected chi connectivity index (χ3v) is 7.89. The standard InChI is InChI=1S/C29H21Cl2N3O4S/c1-39(37,38)25-4-2-3-21(16-25)20-7-5-19(6-8-20)15-29-32-28(26-14-9-22(30)17-27(26)31)18-33(29)23-10-12-24(13-11-23)34(35)36/h2-14,16-18H,15H2,1H3. The molecule has 0 aliphatic heterocycles. The third-order valence-electron chi connectivity index (χ3n) is 6.24. The van der Waals surface area contributed by atoms with Gasteiger partial charge in [0.05, 0.1) is 20.5 Å². The predicted molar refractivity (Wildman–Crippen MR) is 153 cm³/mol. The maximum Gasteiger partial charge on any atom is 0.269 e. The first kappa shape index (κ1) is 26.6. The Kier molecular flexibility index (Phi) is 7.27. The van der Waals surface area contributed by atoms with Gasteiger partial charge in [-0.25, -0.2) is 13.4 Å². The Morgan fingerprint density at radius 2 is 1.62 bits per heavy atom. The summed E-state index contributed by atoms with van der Waals surface area (Å²) in [6.45, 7) is 0. The van der Waals surface area contributed by atoms with Crippen LogP contribution in [0.25, 0.3) is 28.1 Å². The first-order valence-electron chi connectivity index (χ1n) is 11.8. The van der Waals surface area contributed by atoms with Crippen LogP contribution < -0.4 is 0 Å². The zero-order valence-corrected chi connectivity index (χ0v) is 22.9. The number of nitrogens with zero attached hydrogens (tertiary/aromatic N) is 3. The lowest BCUT2D eigenvalue weighted by Gasteiger charge is -2.09. The minimum Gasteiger partial charge on any atom is -0.303 e. The number of sulfone groups is 1. The normalized spacial score (nSPS) is 11.5. The van der Waals surface area contributed by atoms with Gasteiger partial charge in [-0.1, -0.05) is 59.6 Å². The van der Waals surface area contributed by atoms with Gasteiger partial charge in [0.15, 0.2) is 9.84 Å². The molecule has 5 rings (SSSR count). The molecule has 4 aromatic carbocycles. The smallest absolute Gasteiger partial charge is 0.269 e. The molecule has 0 fully saturated rings. The van der Waals surface area contributed by atoms with E-state index in [1.165, 1.54) is 18.4 Å². The number of non-ortho nitro benzene ring substituents is 1. The molecule has 0 saturated carbocycles. The molecule has 0 aliphatic rings. The predicted octanol–water partition coefficient (Wildman–Crippen LogP) is 7.42. The van der Waals surface area contributed by atoms with Gasteiger partial charge in [-0.05, 0) is 59.2 Å². The summed E-state index contributed by atoms with van der Waals surface area (Å²) in [5.74, 6) is 0.705. The number of benzene rings is 4. The van der Waals surface area contributed by atoms with E-state index in [0.717, 1.165) is 16.7 Å². The highest BCUT2D eigenvalue weighted by Crippen LogP contribution is 2.32. The molecule has 0 saturated heterocycles. The van der Waals surface area contributed by atoms with Crippen molar-refractivity contribution in [1.29, 1.82) is 0 Å². The van der Waals surface area contributed by atoms with Crippen molar-refractivity contribution in [2.45, 2.75) is 11.3 Å². The molecule has 196 valence electrons. The van der Waals surface area contributed by atoms with Crippen LogP contribution in [0.4, 0.5) is 5.69 Å². The minimum absolute atomic E-state index is 0.00286. The molecule has 0 bridgehead atoms. The van der Waals surface area contributed by atoms with E-state index in [4.69, 9.17) is 28.2 Å². The Morgan fingerprint density at radius 3 is 2.26 bits per heavy atom. The Morgan fingerprint density at radius 1 is 0.897 bits per heavy atom. The lowest BCUT2D eigenvalue weighted by molar-refractivity contribution is -0.384. The molecule has 0 amide bonds. The van der Waals surface area contributed by atoms with E-state index in [9.17, 15) is 18.5 Å². The molecule has 0 unspecified atom stereocenters. The maximum atomic E-state index is 12.0. The van der Waals surface area contributed by atoms with Crippen LogP contribution in [0.5, 0.6) is 0 Å². The largest absolute Gasteiger partial charge is 0.303 e. The van der Waals surface area contributed by atoms with Gasteiger partial charge in [-0.3, -0.25) is 10.1 Å². The number of hydrogen-bond acceptors (Lipinski definition) is 5. The average Bonchev–Trinajstić information content (AvgIpc) is 3.32. The molecule has 5 aromatic rings. The molecule has 0 N–H and O–H groups in total. The molecule has 39 heavy (non-hydrogen) atoms. The second-order valence-corrected chi connectivity index (χ2v) is 11.8. The van der Waals surface area contributed by atoms with Crippen molar-refractivity contribution in [3.05, 3.63) is 129 Å². The second-order valence-electron chi connectivity index (χ2n) is 8.98. The lowest BCUT2D eigenvalue weighted by atomic mass is 10.0. The van der Waals surface area contributed by atoms with Gasteiger partial charge in [0.25, 0.3) is 5.69 Å². The fraction of sp³-hybridized carbons (Fsp3) is 0.0690. The molecule has 0 atom stereocenters. The van der Waals surface area contributed by atoms with Crippen LogP contribution in [0.1, 0.15) is 11.4 Å². The summed E-state index contributed by atoms with van der Waals surface area (Å²) in [5.41, 5.74) is 4.72. The second kappa shape index (κ2) is 10.6. The van der Waals surface area contributed by atoms with Gasteiger partial charge in [0.1, 0.15) is 5.82 Å². The van der Waals surface area contributed by atoms with Crippen molar-refractivity contribution >= 4 is 38.7 Å². The number of hydrogen-bond donors (Lipinski definition) is 0. The number of halogens is 2. The molecule has 0 spiro atoms. The highest BCUT2D eigenvalue weighted by Gasteiger charge is 2.16. The summed E-state index contributed by atoms with van der Waals surface area (Å²) < 4.78 is 25.8. The average molecular weight is 578 g/mol. The quantitative estimate of drug-likeness (QED) is 0.148. The molecule has 0 aliphatic carbocycles. The van der Waals surface area contributed by atoms with Crippen molar-refractivity contribution < 1.29 is 13.3 Å². The summed E-state index contributed by atoms with van der Waals surface area (Å²) in [7, 11) is -3.31. The molecule has 0 radical (unpaired) electrons. The monoisotopic (exact) mass is 577 g/mol. The van der Waals surface area contributed by atoms with Crippen LogP contribution in [0.2, 0.25) is 10.0 Å². The third kappa shape index (κ3) is 5.88. The number of aromatic nitrogens is 2. The molecule has 1 aromatic heterocycles. The highest BCUT2D eigenvalue weighted by atomic mass is 35.5. The first-order chi connectivity index (χ1) is 18.6. The van der Waals surface area contributed by atoms with E-state index in [0.29, 0.717) is 39.2 Å². The number of nitro groups is 1. The highest BCUT2D eigenvalue weighted by molar-refractivity contribution is 7.90. The summed E-state index contributed by atoms with van der Waals surface area (Å²) in [5, 5.41) is 12.1. The first-order valence-corrected chi connectivity index (χ1v) is 14.4. The van der Waals surface area contributed by atoms with Gasteiger partial charge >= 0.3 is 0 Å². The van der Waals surface area contributed by atoms with Crippen LogP contribution in [0, 0.1) is 10.1 Å². The summed E-state index contributed by atoms with van der Waals surface area (Å²) in [6, 6.07) is 26.1. The van der Waals surface area contributed by atoms with Gasteiger partial charge in [0.2, 0.25) is 0 Å². The minimum atomic E-state index is -3.31. The van der Waals surface area contributed by atoms with E-state index in [-0.39, 0.29) is 10.6 Å². The van der Waals surface area contributed by atoms with Crippen LogP contribution in [0.15, 0.2) is 102 Å². The maximum absolute atomic E-state index is 12.0. The SMILES string of the molecule is CS(=O)(=O)c1cccc(-c2ccc(Cc3nc(-c4ccc(Cl)cc4Cl)cn3-c3ccc([N+](=O)[O-])cc3)cc2)c1. The van der Waals surface area contributed by atoms with Gasteiger partial charge < -0.3 is 4.57 Å². The fourth-order valence-corrected chi connectivity index (χ4v) is 5.40. The van der Waals surface area contributed by atoms with Crippen molar-refractivity contribution in [3.8, 4) is 28.1 Å². The fourth-order valence-electron chi connectivity index (χ4n) is 4.23. The lowest BCUT2D eigenvalue weighted by Crippen LogP contribution is -2.02. The van der Waals surface area contributed by atoms with E-state index in [2.05, 4.69) is 0 Å². The molecule has 7 nitrogen and oxygen atoms in total. The zero-order valence-electron chi connectivity index (χ0n) is 20.6. The van der Waals surface area contributed by atoms with Gasteiger partial charge in [0, 0.05) is 47.3 Å². The van der Waals surface area contributed by atoms with Crippen molar-refractivity contribution in [1.82, 2.24) is 9.55 Å². The van der Waals surface area contributed by atoms with Gasteiger partial charge in [-0.15, -0.1) is 0 Å². The van der Waals surface area contributed by atoms with Crippen molar-refractivity contribution in [3.63, 3.8) is 0 Å². The molecule has 10 heteroatoms.